The van der Waals surface area contributed by atoms with Crippen molar-refractivity contribution in [3.8, 4) is 0 Å². The zero-order chi connectivity index (χ0) is 21.8. The molecule has 4 aliphatic carbocycles. The summed E-state index contributed by atoms with van der Waals surface area (Å²) in [4.78, 5) is 24.9. The van der Waals surface area contributed by atoms with Crippen LogP contribution in [0.5, 0.6) is 0 Å². The summed E-state index contributed by atoms with van der Waals surface area (Å²) in [6.07, 6.45) is 9.86. The number of carboxylic acid groups (broad SMARTS) is 1. The van der Waals surface area contributed by atoms with Gasteiger partial charge in [0, 0.05) is 12.3 Å². The molecule has 0 spiro atoms. The Balaban J connectivity index is 1.64. The number of allylic oxidation sites excluding steroid dienone is 2. The van der Waals surface area contributed by atoms with Gasteiger partial charge in [-0.25, -0.2) is 0 Å². The molecule has 4 saturated carbocycles. The number of fused-ring (bicyclic) bond motifs is 5. The predicted molar refractivity (Wildman–Crippen MR) is 117 cm³/mol. The fourth-order valence-electron chi connectivity index (χ4n) is 8.72. The van der Waals surface area contributed by atoms with E-state index in [0.29, 0.717) is 29.5 Å². The number of Topliss-reactive ketones (excluding diaryl/α,β-unsaturated/α-hetero) is 1. The number of carboxylic acids is 1. The van der Waals surface area contributed by atoms with Crippen LogP contribution in [-0.4, -0.2) is 28.1 Å². The van der Waals surface area contributed by atoms with Gasteiger partial charge in [0.1, 0.15) is 0 Å². The zero-order valence-electron chi connectivity index (χ0n) is 19.2. The second-order valence-corrected chi connectivity index (χ2v) is 11.5. The van der Waals surface area contributed by atoms with Gasteiger partial charge >= 0.3 is 5.97 Å². The minimum atomic E-state index is -0.705. The van der Waals surface area contributed by atoms with Gasteiger partial charge in [0.2, 0.25) is 0 Å². The van der Waals surface area contributed by atoms with Crippen LogP contribution in [-0.2, 0) is 9.59 Å². The van der Waals surface area contributed by atoms with Crippen LogP contribution in [0.15, 0.2) is 11.6 Å². The molecule has 4 nitrogen and oxygen atoms in total. The van der Waals surface area contributed by atoms with Crippen LogP contribution >= 0.6 is 0 Å². The fraction of sp³-hybridized carbons (Fsp3) is 0.846. The van der Waals surface area contributed by atoms with Gasteiger partial charge in [0.15, 0.2) is 5.78 Å². The molecule has 2 unspecified atom stereocenters. The van der Waals surface area contributed by atoms with E-state index in [9.17, 15) is 14.7 Å². The molecule has 0 aliphatic heterocycles. The van der Waals surface area contributed by atoms with E-state index in [1.54, 1.807) is 0 Å². The van der Waals surface area contributed by atoms with E-state index in [1.807, 2.05) is 13.0 Å². The normalized spacial score (nSPS) is 48.0. The molecule has 9 atom stereocenters. The van der Waals surface area contributed by atoms with Crippen LogP contribution in [0, 0.1) is 46.3 Å². The second-order valence-electron chi connectivity index (χ2n) is 11.5. The summed E-state index contributed by atoms with van der Waals surface area (Å²) in [6, 6.07) is 0. The third-order valence-electron chi connectivity index (χ3n) is 10.3. The molecular weight excluding hydrogens is 376 g/mol. The number of hydrogen-bond donors (Lipinski definition) is 2. The molecule has 0 aromatic heterocycles. The monoisotopic (exact) mass is 416 g/mol. The van der Waals surface area contributed by atoms with Gasteiger partial charge in [0.25, 0.3) is 0 Å². The number of aliphatic hydroxyl groups is 1. The molecule has 0 aromatic carbocycles. The van der Waals surface area contributed by atoms with Crippen molar-refractivity contribution in [3.63, 3.8) is 0 Å². The first-order valence-electron chi connectivity index (χ1n) is 12.2. The second kappa shape index (κ2) is 7.76. The summed E-state index contributed by atoms with van der Waals surface area (Å²) in [5, 5.41) is 19.5. The summed E-state index contributed by atoms with van der Waals surface area (Å²) >= 11 is 0. The van der Waals surface area contributed by atoms with E-state index in [-0.39, 0.29) is 35.2 Å². The smallest absolute Gasteiger partial charge is 0.303 e. The Bertz CT molecular complexity index is 741. The van der Waals surface area contributed by atoms with Crippen LogP contribution in [0.3, 0.4) is 0 Å². The summed E-state index contributed by atoms with van der Waals surface area (Å²) in [5.74, 6) is 1.74. The minimum absolute atomic E-state index is 0.114. The SMILES string of the molecule is C/C=C1/C(=O)[C@H]2C3CC[C@H](C(C)CCC(=O)O)[C@@]3(C)CC[C@@H]2[C@@]2(C)CC[C@@H](O)C[C@@H]12. The van der Waals surface area contributed by atoms with Crippen LogP contribution in [0.2, 0.25) is 0 Å². The van der Waals surface area contributed by atoms with E-state index in [0.717, 1.165) is 56.9 Å². The van der Waals surface area contributed by atoms with Gasteiger partial charge in [-0.2, -0.15) is 0 Å². The lowest BCUT2D eigenvalue weighted by atomic mass is 9.43. The Labute approximate surface area is 181 Å². The largest absolute Gasteiger partial charge is 0.481 e. The summed E-state index contributed by atoms with van der Waals surface area (Å²) in [7, 11) is 0. The van der Waals surface area contributed by atoms with Gasteiger partial charge in [-0.05, 0) is 104 Å². The van der Waals surface area contributed by atoms with Gasteiger partial charge < -0.3 is 10.2 Å². The van der Waals surface area contributed by atoms with E-state index in [2.05, 4.69) is 20.8 Å². The van der Waals surface area contributed by atoms with E-state index in [4.69, 9.17) is 5.11 Å². The van der Waals surface area contributed by atoms with Crippen molar-refractivity contribution in [1.82, 2.24) is 0 Å². The highest BCUT2D eigenvalue weighted by atomic mass is 16.4. The average Bonchev–Trinajstić information content (AvgIpc) is 3.05. The van der Waals surface area contributed by atoms with Crippen molar-refractivity contribution < 1.29 is 19.8 Å². The highest BCUT2D eigenvalue weighted by molar-refractivity contribution is 5.99. The van der Waals surface area contributed by atoms with Crippen LogP contribution in [0.25, 0.3) is 0 Å². The van der Waals surface area contributed by atoms with Gasteiger partial charge in [-0.15, -0.1) is 0 Å². The lowest BCUT2D eigenvalue weighted by Crippen LogP contribution is -2.58. The number of aliphatic carboxylic acids is 1. The molecule has 4 rings (SSSR count). The molecule has 0 saturated heterocycles. The Morgan fingerprint density at radius 3 is 2.47 bits per heavy atom. The maximum absolute atomic E-state index is 13.8. The first kappa shape index (κ1) is 22.0. The third-order valence-corrected chi connectivity index (χ3v) is 10.3. The van der Waals surface area contributed by atoms with E-state index in [1.165, 1.54) is 0 Å². The standard InChI is InChI=1S/C26H40O4/c1-5-17-21-14-16(27)10-12-26(21,4)20-11-13-25(3)18(15(2)6-9-22(28)29)7-8-19(25)23(20)24(17)30/h5,15-16,18-21,23,27H,6-14H2,1-4H3,(H,28,29)/b17-5+/t15?,16-,18-,19?,20+,21+,23+,25-,26-/m1/s1. The van der Waals surface area contributed by atoms with Gasteiger partial charge in [0.05, 0.1) is 6.10 Å². The summed E-state index contributed by atoms with van der Waals surface area (Å²) in [5.41, 5.74) is 1.25. The number of carbonyl (C=O) groups excluding carboxylic acids is 1. The molecule has 30 heavy (non-hydrogen) atoms. The van der Waals surface area contributed by atoms with E-state index < -0.39 is 5.97 Å². The van der Waals surface area contributed by atoms with Crippen LogP contribution in [0.1, 0.15) is 85.5 Å². The molecule has 0 amide bonds. The molecule has 0 aromatic rings. The maximum atomic E-state index is 13.8. The Morgan fingerprint density at radius 1 is 1.13 bits per heavy atom. The molecule has 0 heterocycles. The number of carbonyl (C=O) groups is 2. The minimum Gasteiger partial charge on any atom is -0.481 e. The highest BCUT2D eigenvalue weighted by Crippen LogP contribution is 2.68. The first-order chi connectivity index (χ1) is 14.1. The van der Waals surface area contributed by atoms with Crippen molar-refractivity contribution in [2.45, 2.75) is 91.6 Å². The number of aliphatic hydroxyl groups excluding tert-OH is 1. The lowest BCUT2D eigenvalue weighted by Gasteiger charge is -2.61. The topological polar surface area (TPSA) is 74.6 Å². The molecule has 4 fully saturated rings. The maximum Gasteiger partial charge on any atom is 0.303 e. The van der Waals surface area contributed by atoms with Crippen molar-refractivity contribution in [1.29, 1.82) is 0 Å². The summed E-state index contributed by atoms with van der Waals surface area (Å²) < 4.78 is 0. The van der Waals surface area contributed by atoms with Crippen LogP contribution < -0.4 is 0 Å². The third kappa shape index (κ3) is 3.20. The van der Waals surface area contributed by atoms with Crippen molar-refractivity contribution in [2.24, 2.45) is 46.3 Å². The Hall–Kier alpha value is -1.16. The predicted octanol–water partition coefficient (Wildman–Crippen LogP) is 5.24. The molecule has 0 radical (unpaired) electrons. The van der Waals surface area contributed by atoms with Crippen molar-refractivity contribution in [2.75, 3.05) is 0 Å². The molecule has 0 bridgehead atoms. The number of hydrogen-bond acceptors (Lipinski definition) is 3. The van der Waals surface area contributed by atoms with Crippen molar-refractivity contribution >= 4 is 11.8 Å². The Kier molecular flexibility index (Phi) is 5.70. The van der Waals surface area contributed by atoms with Crippen LogP contribution in [0.4, 0.5) is 0 Å². The van der Waals surface area contributed by atoms with E-state index >= 15 is 0 Å². The number of rotatable bonds is 4. The fourth-order valence-corrected chi connectivity index (χ4v) is 8.72. The molecular formula is C26H40O4. The zero-order valence-corrected chi connectivity index (χ0v) is 19.2. The lowest BCUT2D eigenvalue weighted by molar-refractivity contribution is -0.150. The van der Waals surface area contributed by atoms with Crippen molar-refractivity contribution in [3.05, 3.63) is 11.6 Å². The first-order valence-corrected chi connectivity index (χ1v) is 12.2. The molecule has 4 heteroatoms. The average molecular weight is 417 g/mol. The molecule has 4 aliphatic rings. The molecule has 2 N–H and O–H groups in total. The summed E-state index contributed by atoms with van der Waals surface area (Å²) in [6.45, 7) is 9.04. The quantitative estimate of drug-likeness (QED) is 0.614. The highest BCUT2D eigenvalue weighted by Gasteiger charge is 2.64. The molecule has 168 valence electrons. The van der Waals surface area contributed by atoms with Gasteiger partial charge in [-0.3, -0.25) is 9.59 Å². The van der Waals surface area contributed by atoms with Gasteiger partial charge in [-0.1, -0.05) is 26.8 Å². The Morgan fingerprint density at radius 2 is 1.80 bits per heavy atom. The number of ketones is 1.